The molecule has 2 fully saturated rings. The third kappa shape index (κ3) is 7.34. The van der Waals surface area contributed by atoms with Gasteiger partial charge in [0.05, 0.1) is 23.7 Å². The maximum atomic E-state index is 14.0. The molecule has 1 spiro atoms. The lowest BCUT2D eigenvalue weighted by Crippen LogP contribution is -2.47. The molecule has 0 radical (unpaired) electrons. The summed E-state index contributed by atoms with van der Waals surface area (Å²) in [7, 11) is -6.08. The molecular formula is C33H42N4O8S2. The molecule has 6 rings (SSSR count). The number of nitrogens with one attached hydrogen (secondary N) is 2. The average molecular weight is 687 g/mol. The van der Waals surface area contributed by atoms with E-state index in [4.69, 9.17) is 19.9 Å². The number of piperidine rings is 1. The van der Waals surface area contributed by atoms with Gasteiger partial charge in [-0.15, -0.1) is 0 Å². The lowest BCUT2D eigenvalue weighted by atomic mass is 9.88. The molecule has 12 nitrogen and oxygen atoms in total. The zero-order chi connectivity index (χ0) is 33.2. The molecule has 0 saturated carbocycles. The van der Waals surface area contributed by atoms with Crippen molar-refractivity contribution in [1.29, 1.82) is 0 Å². The number of benzene rings is 3. The second-order valence-corrected chi connectivity index (χ2v) is 16.1. The van der Waals surface area contributed by atoms with Crippen LogP contribution in [-0.4, -0.2) is 90.5 Å². The highest BCUT2D eigenvalue weighted by Crippen LogP contribution is 2.42. The maximum Gasteiger partial charge on any atom is 0.246 e. The van der Waals surface area contributed by atoms with Crippen LogP contribution in [0.2, 0.25) is 0 Å². The first-order valence-electron chi connectivity index (χ1n) is 15.8. The van der Waals surface area contributed by atoms with Gasteiger partial charge in [-0.2, -0.15) is 4.31 Å². The van der Waals surface area contributed by atoms with E-state index in [0.29, 0.717) is 70.0 Å². The molecule has 2 saturated heterocycles. The van der Waals surface area contributed by atoms with Crippen molar-refractivity contribution in [2.45, 2.75) is 59.8 Å². The van der Waals surface area contributed by atoms with Gasteiger partial charge in [0, 0.05) is 44.7 Å². The Kier molecular flexibility index (Phi) is 9.93. The number of nitrogens with two attached hydrogens (primary N) is 1. The molecule has 3 aromatic rings. The second-order valence-electron chi connectivity index (χ2n) is 12.3. The lowest BCUT2D eigenvalue weighted by Gasteiger charge is -2.38. The number of nitrogens with zero attached hydrogens (tertiary/aromatic N) is 1. The van der Waals surface area contributed by atoms with E-state index < -0.39 is 31.8 Å². The van der Waals surface area contributed by atoms with E-state index in [2.05, 4.69) is 10.0 Å². The van der Waals surface area contributed by atoms with E-state index in [9.17, 15) is 21.9 Å². The summed E-state index contributed by atoms with van der Waals surface area (Å²) in [6.45, 7) is 2.25. The predicted molar refractivity (Wildman–Crippen MR) is 176 cm³/mol. The molecule has 0 aromatic heterocycles. The van der Waals surface area contributed by atoms with E-state index in [0.717, 1.165) is 22.3 Å². The van der Waals surface area contributed by atoms with Gasteiger partial charge in [-0.1, -0.05) is 30.3 Å². The van der Waals surface area contributed by atoms with E-state index in [1.54, 1.807) is 22.5 Å². The molecule has 3 aliphatic rings. The second kappa shape index (κ2) is 13.8. The monoisotopic (exact) mass is 686 g/mol. The number of hydrogen-bond donors (Lipinski definition) is 4. The average Bonchev–Trinajstić information content (AvgIpc) is 3.73. The Morgan fingerprint density at radius 1 is 1.06 bits per heavy atom. The largest absolute Gasteiger partial charge is 0.492 e. The summed E-state index contributed by atoms with van der Waals surface area (Å²) < 4.78 is 73.7. The molecule has 14 heteroatoms. The van der Waals surface area contributed by atoms with Gasteiger partial charge in [-0.3, -0.25) is 0 Å². The van der Waals surface area contributed by atoms with Crippen molar-refractivity contribution < 1.29 is 36.2 Å². The number of aliphatic hydroxyl groups excluding tert-OH is 1. The third-order valence-corrected chi connectivity index (χ3v) is 12.5. The van der Waals surface area contributed by atoms with Gasteiger partial charge in [-0.25, -0.2) is 21.6 Å². The number of rotatable bonds is 12. The van der Waals surface area contributed by atoms with E-state index in [1.807, 2.05) is 30.3 Å². The molecule has 2 unspecified atom stereocenters. The first kappa shape index (κ1) is 33.8. The number of sulfonamides is 2. The topological polar surface area (TPSA) is 170 Å². The third-order valence-electron chi connectivity index (χ3n) is 9.20. The molecule has 47 heavy (non-hydrogen) atoms. The molecule has 254 valence electrons. The van der Waals surface area contributed by atoms with Gasteiger partial charge in [0.2, 0.25) is 20.0 Å². The molecule has 5 N–H and O–H groups in total. The Balaban J connectivity index is 1.03. The lowest BCUT2D eigenvalue weighted by molar-refractivity contribution is -0.0312. The Morgan fingerprint density at radius 3 is 2.55 bits per heavy atom. The normalized spacial score (nSPS) is 20.2. The zero-order valence-electron chi connectivity index (χ0n) is 26.4. The maximum absolute atomic E-state index is 14.0. The van der Waals surface area contributed by atoms with E-state index in [1.165, 1.54) is 19.2 Å². The van der Waals surface area contributed by atoms with Crippen LogP contribution in [-0.2, 0) is 37.7 Å². The highest BCUT2D eigenvalue weighted by Gasteiger charge is 2.45. The van der Waals surface area contributed by atoms with Crippen LogP contribution in [0.4, 0.5) is 0 Å². The SMILES string of the molecule is CNS(=O)(=O)c1cccc(OCC(O)CNC2COC3(CCN(S(=O)(=O)c4cc(-c5ccc(CN)cc5)cc5c4OCC5)CC3)C2)c1. The number of aliphatic hydroxyl groups is 1. The van der Waals surface area contributed by atoms with Crippen molar-refractivity contribution in [2.75, 3.05) is 46.5 Å². The van der Waals surface area contributed by atoms with Crippen LogP contribution in [0.1, 0.15) is 30.4 Å². The van der Waals surface area contributed by atoms with Crippen molar-refractivity contribution >= 4 is 20.0 Å². The summed E-state index contributed by atoms with van der Waals surface area (Å²) in [5, 5.41) is 13.9. The minimum absolute atomic E-state index is 0.00378. The van der Waals surface area contributed by atoms with Crippen LogP contribution in [0.15, 0.2) is 70.5 Å². The summed E-state index contributed by atoms with van der Waals surface area (Å²) in [4.78, 5) is 0.289. The summed E-state index contributed by atoms with van der Waals surface area (Å²) in [6, 6.07) is 17.7. The summed E-state index contributed by atoms with van der Waals surface area (Å²) in [6.07, 6.45) is 1.65. The standard InChI is InChI=1S/C33H42N4O8S2/c1-35-46(39,40)30-4-2-3-29(17-30)44-22-28(38)20-36-27-18-33(45-21-27)10-12-37(13-11-33)47(41,42)31-16-26(15-25-9-14-43-32(25)31)24-7-5-23(19-34)6-8-24/h2-8,15-17,27-28,35-36,38H,9-14,18-22,34H2,1H3. The minimum Gasteiger partial charge on any atom is -0.492 e. The first-order valence-corrected chi connectivity index (χ1v) is 18.8. The van der Waals surface area contributed by atoms with Crippen molar-refractivity contribution in [3.63, 3.8) is 0 Å². The predicted octanol–water partition coefficient (Wildman–Crippen LogP) is 2.00. The van der Waals surface area contributed by atoms with Gasteiger partial charge in [0.25, 0.3) is 0 Å². The van der Waals surface area contributed by atoms with Crippen LogP contribution in [0, 0.1) is 0 Å². The van der Waals surface area contributed by atoms with Crippen molar-refractivity contribution in [1.82, 2.24) is 14.3 Å². The van der Waals surface area contributed by atoms with E-state index >= 15 is 0 Å². The number of hydrogen-bond acceptors (Lipinski definition) is 10. The van der Waals surface area contributed by atoms with Crippen molar-refractivity contribution in [3.05, 3.63) is 71.8 Å². The van der Waals surface area contributed by atoms with Crippen LogP contribution < -0.4 is 25.2 Å². The Morgan fingerprint density at radius 2 is 1.83 bits per heavy atom. The van der Waals surface area contributed by atoms with Crippen LogP contribution in [0.5, 0.6) is 11.5 Å². The molecular weight excluding hydrogens is 645 g/mol. The molecule has 0 bridgehead atoms. The Bertz CT molecular complexity index is 1790. The fourth-order valence-electron chi connectivity index (χ4n) is 6.46. The zero-order valence-corrected chi connectivity index (χ0v) is 28.0. The van der Waals surface area contributed by atoms with Gasteiger partial charge in [0.15, 0.2) is 0 Å². The Labute approximate surface area is 276 Å². The van der Waals surface area contributed by atoms with Crippen LogP contribution in [0.3, 0.4) is 0 Å². The highest BCUT2D eigenvalue weighted by atomic mass is 32.2. The number of ether oxygens (including phenoxy) is 3. The van der Waals surface area contributed by atoms with E-state index in [-0.39, 0.29) is 29.0 Å². The Hall–Kier alpha value is -3.08. The van der Waals surface area contributed by atoms with Crippen LogP contribution in [0.25, 0.3) is 11.1 Å². The smallest absolute Gasteiger partial charge is 0.246 e. The van der Waals surface area contributed by atoms with Crippen molar-refractivity contribution in [2.24, 2.45) is 5.73 Å². The highest BCUT2D eigenvalue weighted by molar-refractivity contribution is 7.89. The fourth-order valence-corrected chi connectivity index (χ4v) is 8.87. The quantitative estimate of drug-likeness (QED) is 0.221. The molecule has 3 aromatic carbocycles. The summed E-state index contributed by atoms with van der Waals surface area (Å²) in [5.74, 6) is 0.793. The van der Waals surface area contributed by atoms with Gasteiger partial charge >= 0.3 is 0 Å². The van der Waals surface area contributed by atoms with Crippen molar-refractivity contribution in [3.8, 4) is 22.6 Å². The summed E-state index contributed by atoms with van der Waals surface area (Å²) >= 11 is 0. The molecule has 2 atom stereocenters. The minimum atomic E-state index is -3.82. The molecule has 3 aliphatic heterocycles. The van der Waals surface area contributed by atoms with Crippen LogP contribution >= 0.6 is 0 Å². The molecule has 0 amide bonds. The fraction of sp³-hybridized carbons (Fsp3) is 0.455. The molecule has 0 aliphatic carbocycles. The van der Waals surface area contributed by atoms with Gasteiger partial charge < -0.3 is 30.4 Å². The number of fused-ring (bicyclic) bond motifs is 1. The van der Waals surface area contributed by atoms with Gasteiger partial charge in [-0.05, 0) is 72.8 Å². The molecule has 3 heterocycles. The first-order chi connectivity index (χ1) is 22.5. The van der Waals surface area contributed by atoms with Gasteiger partial charge in [0.1, 0.15) is 29.1 Å². The summed E-state index contributed by atoms with van der Waals surface area (Å²) in [5.41, 5.74) is 8.99.